The molecule has 0 aromatic heterocycles. The summed E-state index contributed by atoms with van der Waals surface area (Å²) in [5, 5.41) is 0. The molecule has 6 nitrogen and oxygen atoms in total. The second-order valence-electron chi connectivity index (χ2n) is 14.3. The van der Waals surface area contributed by atoms with Crippen LogP contribution in [-0.4, -0.2) is 37.2 Å². The van der Waals surface area contributed by atoms with Crippen LogP contribution in [0.1, 0.15) is 194 Å². The molecule has 0 fully saturated rings. The molecule has 0 saturated heterocycles. The van der Waals surface area contributed by atoms with Crippen molar-refractivity contribution in [3.8, 4) is 0 Å². The first-order chi connectivity index (χ1) is 26.5. The summed E-state index contributed by atoms with van der Waals surface area (Å²) in [4.78, 5) is 37.6. The number of unbranched alkanes of at least 4 members (excludes halogenated alkanes) is 17. The molecule has 0 aromatic carbocycles. The van der Waals surface area contributed by atoms with Crippen LogP contribution in [0.2, 0.25) is 0 Å². The summed E-state index contributed by atoms with van der Waals surface area (Å²) in [5.74, 6) is -0.976. The number of carbonyl (C=O) groups excluding carboxylic acids is 3. The Balaban J connectivity index is 4.44. The van der Waals surface area contributed by atoms with Gasteiger partial charge < -0.3 is 14.2 Å². The summed E-state index contributed by atoms with van der Waals surface area (Å²) in [6.45, 7) is 6.30. The van der Waals surface area contributed by atoms with Gasteiger partial charge in [-0.25, -0.2) is 0 Å². The molecule has 0 spiro atoms. The zero-order valence-electron chi connectivity index (χ0n) is 35.0. The summed E-state index contributed by atoms with van der Waals surface area (Å²) < 4.78 is 16.6. The molecule has 0 heterocycles. The van der Waals surface area contributed by atoms with E-state index in [9.17, 15) is 14.4 Å². The average Bonchev–Trinajstić information content (AvgIpc) is 3.17. The van der Waals surface area contributed by atoms with Crippen LogP contribution in [-0.2, 0) is 28.6 Å². The first kappa shape index (κ1) is 50.9. The van der Waals surface area contributed by atoms with Crippen LogP contribution in [0.25, 0.3) is 0 Å². The van der Waals surface area contributed by atoms with E-state index >= 15 is 0 Å². The van der Waals surface area contributed by atoms with E-state index in [1.54, 1.807) is 0 Å². The first-order valence-corrected chi connectivity index (χ1v) is 22.0. The van der Waals surface area contributed by atoms with Crippen LogP contribution in [0, 0.1) is 0 Å². The Morgan fingerprint density at radius 1 is 0.407 bits per heavy atom. The van der Waals surface area contributed by atoms with E-state index in [2.05, 4.69) is 93.7 Å². The minimum atomic E-state index is -0.802. The third-order valence-corrected chi connectivity index (χ3v) is 9.02. The molecular weight excluding hydrogens is 673 g/mol. The van der Waals surface area contributed by atoms with Crippen molar-refractivity contribution in [2.45, 2.75) is 200 Å². The van der Waals surface area contributed by atoms with E-state index in [0.29, 0.717) is 19.3 Å². The maximum absolute atomic E-state index is 12.6. The van der Waals surface area contributed by atoms with Crippen molar-refractivity contribution in [1.82, 2.24) is 0 Å². The third kappa shape index (κ3) is 40.0. The molecule has 0 aromatic rings. The summed E-state index contributed by atoms with van der Waals surface area (Å²) in [6, 6.07) is 0. The second-order valence-corrected chi connectivity index (χ2v) is 14.3. The maximum atomic E-state index is 12.6. The fourth-order valence-electron chi connectivity index (χ4n) is 5.76. The predicted octanol–water partition coefficient (Wildman–Crippen LogP) is 13.9. The van der Waals surface area contributed by atoms with E-state index in [4.69, 9.17) is 14.2 Å². The molecule has 6 heteroatoms. The molecule has 308 valence electrons. The molecule has 0 rings (SSSR count). The lowest BCUT2D eigenvalue weighted by molar-refractivity contribution is -0.167. The number of esters is 3. The summed E-state index contributed by atoms with van der Waals surface area (Å²) in [5.41, 5.74) is 0. The minimum absolute atomic E-state index is 0.0991. The van der Waals surface area contributed by atoms with Gasteiger partial charge in [0.05, 0.1) is 0 Å². The standard InChI is InChI=1S/C48H80O6/c1-4-7-10-13-16-19-22-23-24-25-27-29-32-35-38-41-47(50)53-44-45(43-52-46(49)40-37-34-31-28-21-18-15-12-9-6-3)54-48(51)42-39-36-33-30-26-20-17-14-11-8-5-2/h7-8,10-11,13,16-17,19-20,22,30,33,45H,4-6,9,12,14-15,18,21,23-29,31-32,34-44H2,1-3H3/b10-7-,11-8-,16-13-,20-17-,22-19-,33-30-. The van der Waals surface area contributed by atoms with Crippen molar-refractivity contribution in [1.29, 1.82) is 0 Å². The number of rotatable bonds is 38. The molecule has 1 atom stereocenters. The van der Waals surface area contributed by atoms with E-state index in [1.165, 1.54) is 70.6 Å². The molecule has 0 radical (unpaired) electrons. The summed E-state index contributed by atoms with van der Waals surface area (Å²) >= 11 is 0. The minimum Gasteiger partial charge on any atom is -0.462 e. The van der Waals surface area contributed by atoms with Gasteiger partial charge in [0.2, 0.25) is 0 Å². The SMILES string of the molecule is CC\C=C/C=C\C=C/CCCCCCCCCC(=O)OCC(COC(=O)CCCCCCCCCCCC)OC(=O)CCC/C=C\C/C=C\C/C=C\CC. The molecular formula is C48H80O6. The van der Waals surface area contributed by atoms with E-state index in [1.807, 2.05) is 0 Å². The Morgan fingerprint density at radius 3 is 1.37 bits per heavy atom. The Kier molecular flexibility index (Phi) is 40.1. The second kappa shape index (κ2) is 42.6. The van der Waals surface area contributed by atoms with Crippen molar-refractivity contribution < 1.29 is 28.6 Å². The normalized spacial score (nSPS) is 12.7. The highest BCUT2D eigenvalue weighted by Crippen LogP contribution is 2.13. The topological polar surface area (TPSA) is 78.9 Å². The van der Waals surface area contributed by atoms with Crippen molar-refractivity contribution in [3.05, 3.63) is 72.9 Å². The zero-order valence-corrected chi connectivity index (χ0v) is 35.0. The fourth-order valence-corrected chi connectivity index (χ4v) is 5.76. The number of allylic oxidation sites excluding steroid dienone is 12. The Bertz CT molecular complexity index is 1050. The molecule has 0 amide bonds. The highest BCUT2D eigenvalue weighted by Gasteiger charge is 2.19. The molecule has 0 N–H and O–H groups in total. The van der Waals surface area contributed by atoms with Crippen LogP contribution < -0.4 is 0 Å². The smallest absolute Gasteiger partial charge is 0.306 e. The van der Waals surface area contributed by atoms with Gasteiger partial charge in [-0.3, -0.25) is 14.4 Å². The molecule has 0 aliphatic carbocycles. The number of hydrogen-bond acceptors (Lipinski definition) is 6. The lowest BCUT2D eigenvalue weighted by Crippen LogP contribution is -2.30. The lowest BCUT2D eigenvalue weighted by atomic mass is 10.1. The van der Waals surface area contributed by atoms with E-state index in [0.717, 1.165) is 77.0 Å². The first-order valence-electron chi connectivity index (χ1n) is 22.0. The van der Waals surface area contributed by atoms with Crippen molar-refractivity contribution in [3.63, 3.8) is 0 Å². The molecule has 0 aliphatic rings. The molecule has 1 unspecified atom stereocenters. The molecule has 0 saturated carbocycles. The summed E-state index contributed by atoms with van der Waals surface area (Å²) in [6.07, 6.45) is 51.8. The Labute approximate surface area is 332 Å². The maximum Gasteiger partial charge on any atom is 0.306 e. The van der Waals surface area contributed by atoms with Crippen LogP contribution in [0.15, 0.2) is 72.9 Å². The van der Waals surface area contributed by atoms with Gasteiger partial charge in [-0.05, 0) is 64.2 Å². The quantitative estimate of drug-likeness (QED) is 0.0205. The van der Waals surface area contributed by atoms with Crippen molar-refractivity contribution in [2.24, 2.45) is 0 Å². The van der Waals surface area contributed by atoms with Crippen molar-refractivity contribution >= 4 is 17.9 Å². The van der Waals surface area contributed by atoms with Gasteiger partial charge in [-0.15, -0.1) is 0 Å². The number of carbonyl (C=O) groups is 3. The molecule has 0 bridgehead atoms. The van der Waals surface area contributed by atoms with Gasteiger partial charge in [0, 0.05) is 19.3 Å². The van der Waals surface area contributed by atoms with Crippen LogP contribution in [0.4, 0.5) is 0 Å². The van der Waals surface area contributed by atoms with Gasteiger partial charge >= 0.3 is 17.9 Å². The molecule has 0 aliphatic heterocycles. The monoisotopic (exact) mass is 753 g/mol. The van der Waals surface area contributed by atoms with Gasteiger partial charge in [0.15, 0.2) is 6.10 Å². The third-order valence-electron chi connectivity index (χ3n) is 9.02. The van der Waals surface area contributed by atoms with Gasteiger partial charge in [0.25, 0.3) is 0 Å². The average molecular weight is 753 g/mol. The Hall–Kier alpha value is -3.15. The van der Waals surface area contributed by atoms with Gasteiger partial charge in [-0.1, -0.05) is 184 Å². The molecule has 54 heavy (non-hydrogen) atoms. The predicted molar refractivity (Wildman–Crippen MR) is 228 cm³/mol. The lowest BCUT2D eigenvalue weighted by Gasteiger charge is -2.18. The Morgan fingerprint density at radius 2 is 0.833 bits per heavy atom. The zero-order chi connectivity index (χ0) is 39.4. The van der Waals surface area contributed by atoms with E-state index < -0.39 is 6.10 Å². The van der Waals surface area contributed by atoms with Gasteiger partial charge in [-0.2, -0.15) is 0 Å². The van der Waals surface area contributed by atoms with Gasteiger partial charge in [0.1, 0.15) is 13.2 Å². The van der Waals surface area contributed by atoms with E-state index in [-0.39, 0.29) is 37.5 Å². The van der Waals surface area contributed by atoms with Crippen LogP contribution in [0.5, 0.6) is 0 Å². The largest absolute Gasteiger partial charge is 0.462 e. The van der Waals surface area contributed by atoms with Crippen LogP contribution >= 0.6 is 0 Å². The highest BCUT2D eigenvalue weighted by molar-refractivity contribution is 5.71. The van der Waals surface area contributed by atoms with Crippen molar-refractivity contribution in [2.75, 3.05) is 13.2 Å². The number of hydrogen-bond donors (Lipinski definition) is 0. The van der Waals surface area contributed by atoms with Crippen LogP contribution in [0.3, 0.4) is 0 Å². The summed E-state index contributed by atoms with van der Waals surface area (Å²) in [7, 11) is 0. The highest BCUT2D eigenvalue weighted by atomic mass is 16.6. The number of ether oxygens (including phenoxy) is 3. The fraction of sp³-hybridized carbons (Fsp3) is 0.688.